The average Bonchev–Trinajstić information content (AvgIpc) is 3.19. The first kappa shape index (κ1) is 17.5. The molecule has 1 amide bonds. The number of nitrogens with zero attached hydrogens (tertiary/aromatic N) is 2. The Morgan fingerprint density at radius 2 is 1.69 bits per heavy atom. The van der Waals surface area contributed by atoms with E-state index in [1.165, 1.54) is 0 Å². The Labute approximate surface area is 153 Å². The lowest BCUT2D eigenvalue weighted by Gasteiger charge is -2.20. The van der Waals surface area contributed by atoms with E-state index in [1.54, 1.807) is 17.2 Å². The Morgan fingerprint density at radius 1 is 0.962 bits per heavy atom. The zero-order valence-corrected chi connectivity index (χ0v) is 14.5. The summed E-state index contributed by atoms with van der Waals surface area (Å²) >= 11 is 0. The molecule has 0 aliphatic rings. The van der Waals surface area contributed by atoms with Crippen LogP contribution in [0, 0.1) is 11.3 Å². The molecule has 3 rings (SSSR count). The lowest BCUT2D eigenvalue weighted by Crippen LogP contribution is -2.32. The molecule has 0 spiro atoms. The lowest BCUT2D eigenvalue weighted by atomic mass is 10.0. The summed E-state index contributed by atoms with van der Waals surface area (Å²) < 4.78 is 5.33. The number of furan rings is 1. The minimum absolute atomic E-state index is 0.0101. The van der Waals surface area contributed by atoms with Crippen LogP contribution in [0.4, 0.5) is 0 Å². The third-order valence-electron chi connectivity index (χ3n) is 4.19. The molecule has 26 heavy (non-hydrogen) atoms. The van der Waals surface area contributed by atoms with Crippen molar-refractivity contribution < 1.29 is 9.21 Å². The van der Waals surface area contributed by atoms with E-state index in [0.717, 1.165) is 22.5 Å². The second-order valence-electron chi connectivity index (χ2n) is 6.04. The van der Waals surface area contributed by atoms with Crippen molar-refractivity contribution in [1.82, 2.24) is 4.90 Å². The van der Waals surface area contributed by atoms with Crippen LogP contribution in [0.1, 0.15) is 17.7 Å². The third kappa shape index (κ3) is 4.61. The van der Waals surface area contributed by atoms with Crippen LogP contribution in [0.5, 0.6) is 0 Å². The van der Waals surface area contributed by atoms with E-state index < -0.39 is 0 Å². The van der Waals surface area contributed by atoms with Crippen LogP contribution in [0.3, 0.4) is 0 Å². The van der Waals surface area contributed by atoms with Crippen molar-refractivity contribution >= 4 is 5.91 Å². The topological polar surface area (TPSA) is 57.2 Å². The van der Waals surface area contributed by atoms with Gasteiger partial charge in [-0.25, -0.2) is 0 Å². The predicted octanol–water partition coefficient (Wildman–Crippen LogP) is 4.43. The quantitative estimate of drug-likeness (QED) is 0.637. The van der Waals surface area contributed by atoms with Gasteiger partial charge in [0.1, 0.15) is 5.76 Å². The molecule has 0 fully saturated rings. The van der Waals surface area contributed by atoms with Gasteiger partial charge in [-0.3, -0.25) is 4.79 Å². The number of hydrogen-bond donors (Lipinski definition) is 0. The van der Waals surface area contributed by atoms with Crippen molar-refractivity contribution in [3.05, 3.63) is 84.3 Å². The first-order valence-corrected chi connectivity index (χ1v) is 8.58. The lowest BCUT2D eigenvalue weighted by molar-refractivity contribution is -0.131. The zero-order chi connectivity index (χ0) is 18.2. The number of nitriles is 1. The van der Waals surface area contributed by atoms with Gasteiger partial charge < -0.3 is 9.32 Å². The second kappa shape index (κ2) is 8.68. The Morgan fingerprint density at radius 3 is 2.35 bits per heavy atom. The van der Waals surface area contributed by atoms with Crippen LogP contribution in [-0.4, -0.2) is 17.4 Å². The molecule has 0 atom stereocenters. The van der Waals surface area contributed by atoms with Gasteiger partial charge in [-0.2, -0.15) is 5.26 Å². The van der Waals surface area contributed by atoms with Gasteiger partial charge in [-0.1, -0.05) is 54.6 Å². The molecule has 1 heterocycles. The molecule has 130 valence electrons. The van der Waals surface area contributed by atoms with E-state index in [4.69, 9.17) is 9.68 Å². The summed E-state index contributed by atoms with van der Waals surface area (Å²) in [5.41, 5.74) is 3.23. The number of carbonyl (C=O) groups excluding carboxylic acids is 1. The monoisotopic (exact) mass is 344 g/mol. The van der Waals surface area contributed by atoms with Crippen LogP contribution in [0.25, 0.3) is 11.1 Å². The molecule has 0 aliphatic carbocycles. The highest BCUT2D eigenvalue weighted by molar-refractivity contribution is 5.79. The number of hydrogen-bond acceptors (Lipinski definition) is 3. The smallest absolute Gasteiger partial charge is 0.227 e. The van der Waals surface area contributed by atoms with Crippen LogP contribution in [0.2, 0.25) is 0 Å². The highest BCUT2D eigenvalue weighted by Crippen LogP contribution is 2.20. The molecular formula is C22H20N2O2. The molecule has 0 saturated carbocycles. The fourth-order valence-corrected chi connectivity index (χ4v) is 2.80. The molecule has 0 bridgehead atoms. The molecule has 0 radical (unpaired) electrons. The summed E-state index contributed by atoms with van der Waals surface area (Å²) in [7, 11) is 0. The Bertz CT molecular complexity index is 863. The highest BCUT2D eigenvalue weighted by Gasteiger charge is 2.15. The van der Waals surface area contributed by atoms with Gasteiger partial charge in [-0.15, -0.1) is 0 Å². The van der Waals surface area contributed by atoms with Crippen molar-refractivity contribution in [2.75, 3.05) is 6.54 Å². The maximum atomic E-state index is 12.7. The summed E-state index contributed by atoms with van der Waals surface area (Å²) in [5.74, 6) is 0.708. The van der Waals surface area contributed by atoms with E-state index in [0.29, 0.717) is 25.9 Å². The minimum Gasteiger partial charge on any atom is -0.467 e. The van der Waals surface area contributed by atoms with E-state index in [-0.39, 0.29) is 5.91 Å². The summed E-state index contributed by atoms with van der Waals surface area (Å²) in [6, 6.07) is 23.9. The Balaban J connectivity index is 1.67. The van der Waals surface area contributed by atoms with Crippen molar-refractivity contribution in [3.63, 3.8) is 0 Å². The maximum Gasteiger partial charge on any atom is 0.227 e. The number of rotatable bonds is 7. The van der Waals surface area contributed by atoms with Crippen LogP contribution >= 0.6 is 0 Å². The van der Waals surface area contributed by atoms with Crippen molar-refractivity contribution in [2.24, 2.45) is 0 Å². The van der Waals surface area contributed by atoms with Gasteiger partial charge in [0.05, 0.1) is 31.7 Å². The van der Waals surface area contributed by atoms with Gasteiger partial charge in [0.25, 0.3) is 0 Å². The van der Waals surface area contributed by atoms with Crippen LogP contribution in [-0.2, 0) is 17.8 Å². The molecule has 0 saturated heterocycles. The van der Waals surface area contributed by atoms with Crippen molar-refractivity contribution in [2.45, 2.75) is 19.4 Å². The zero-order valence-electron chi connectivity index (χ0n) is 14.5. The van der Waals surface area contributed by atoms with Gasteiger partial charge in [0, 0.05) is 6.54 Å². The Kier molecular flexibility index (Phi) is 5.84. The first-order chi connectivity index (χ1) is 12.8. The number of benzene rings is 2. The van der Waals surface area contributed by atoms with Gasteiger partial charge in [0.15, 0.2) is 0 Å². The van der Waals surface area contributed by atoms with Crippen molar-refractivity contribution in [1.29, 1.82) is 5.26 Å². The van der Waals surface area contributed by atoms with Crippen LogP contribution < -0.4 is 0 Å². The molecule has 4 heteroatoms. The fraction of sp³-hybridized carbons (Fsp3) is 0.182. The highest BCUT2D eigenvalue weighted by atomic mass is 16.3. The molecule has 0 aliphatic heterocycles. The molecule has 3 aromatic rings. The number of carbonyl (C=O) groups is 1. The van der Waals surface area contributed by atoms with Crippen LogP contribution in [0.15, 0.2) is 77.4 Å². The predicted molar refractivity (Wildman–Crippen MR) is 99.9 cm³/mol. The van der Waals surface area contributed by atoms with E-state index in [2.05, 4.69) is 18.2 Å². The first-order valence-electron chi connectivity index (χ1n) is 8.58. The van der Waals surface area contributed by atoms with Gasteiger partial charge in [-0.05, 0) is 28.8 Å². The normalized spacial score (nSPS) is 10.3. The maximum absolute atomic E-state index is 12.7. The molecule has 4 nitrogen and oxygen atoms in total. The average molecular weight is 344 g/mol. The minimum atomic E-state index is -0.0101. The van der Waals surface area contributed by atoms with Crippen molar-refractivity contribution in [3.8, 4) is 17.2 Å². The summed E-state index contributed by atoms with van der Waals surface area (Å²) in [4.78, 5) is 14.3. The molecule has 0 N–H and O–H groups in total. The molecular weight excluding hydrogens is 324 g/mol. The fourth-order valence-electron chi connectivity index (χ4n) is 2.80. The SMILES string of the molecule is N#CCCN(Cc1ccco1)C(=O)Cc1ccc(-c2ccccc2)cc1. The summed E-state index contributed by atoms with van der Waals surface area (Å²) in [6.07, 6.45) is 2.20. The van der Waals surface area contributed by atoms with Gasteiger partial charge >= 0.3 is 0 Å². The summed E-state index contributed by atoms with van der Waals surface area (Å²) in [5, 5.41) is 8.84. The molecule has 1 aromatic heterocycles. The molecule has 0 unspecified atom stereocenters. The van der Waals surface area contributed by atoms with E-state index in [1.807, 2.05) is 48.5 Å². The standard InChI is InChI=1S/C22H20N2O2/c23-13-5-14-24(17-21-8-4-15-26-21)22(25)16-18-9-11-20(12-10-18)19-6-2-1-3-7-19/h1-4,6-12,15H,5,14,16-17H2. The third-order valence-corrected chi connectivity index (χ3v) is 4.19. The van der Waals surface area contributed by atoms with Gasteiger partial charge in [0.2, 0.25) is 5.91 Å². The van der Waals surface area contributed by atoms with E-state index >= 15 is 0 Å². The largest absolute Gasteiger partial charge is 0.467 e. The Hall–Kier alpha value is -3.32. The number of amides is 1. The second-order valence-corrected chi connectivity index (χ2v) is 6.04. The summed E-state index contributed by atoms with van der Waals surface area (Å²) in [6.45, 7) is 0.785. The molecule has 2 aromatic carbocycles. The van der Waals surface area contributed by atoms with E-state index in [9.17, 15) is 4.79 Å².